The molecule has 3 nitrogen and oxygen atoms in total. The van der Waals surface area contributed by atoms with Crippen LogP contribution in [0.3, 0.4) is 0 Å². The fourth-order valence-corrected chi connectivity index (χ4v) is 1.84. The zero-order valence-electron chi connectivity index (χ0n) is 10.0. The first-order chi connectivity index (χ1) is 7.29. The highest BCUT2D eigenvalue weighted by atomic mass is 35.5. The molecule has 0 radical (unpaired) electrons. The minimum absolute atomic E-state index is 0.0384. The van der Waals surface area contributed by atoms with Crippen LogP contribution in [0.2, 0.25) is 0 Å². The van der Waals surface area contributed by atoms with E-state index in [0.717, 1.165) is 5.69 Å². The number of hydrogen-bond donors (Lipinski definition) is 0. The summed E-state index contributed by atoms with van der Waals surface area (Å²) in [6.07, 6.45) is 0. The Kier molecular flexibility index (Phi) is 3.58. The summed E-state index contributed by atoms with van der Waals surface area (Å²) in [6, 6.07) is 3.30. The first kappa shape index (κ1) is 13.0. The second-order valence-electron chi connectivity index (χ2n) is 4.71. The van der Waals surface area contributed by atoms with E-state index in [-0.39, 0.29) is 16.5 Å². The molecular weight excluding hydrogens is 226 g/mol. The minimum atomic E-state index is -0.701. The van der Waals surface area contributed by atoms with Crippen molar-refractivity contribution in [2.24, 2.45) is 0 Å². The molecule has 0 N–H and O–H groups in total. The normalized spacial score (nSPS) is 11.6. The van der Waals surface area contributed by atoms with Crippen molar-refractivity contribution in [1.29, 1.82) is 0 Å². The highest BCUT2D eigenvalue weighted by molar-refractivity contribution is 6.67. The van der Waals surface area contributed by atoms with Crippen molar-refractivity contribution in [3.8, 4) is 0 Å². The molecule has 0 atom stereocenters. The molecule has 0 aliphatic heterocycles. The number of hydrogen-bond acceptors (Lipinski definition) is 2. The summed E-state index contributed by atoms with van der Waals surface area (Å²) >= 11 is 5.35. The smallest absolute Gasteiger partial charge is 0.262 e. The summed E-state index contributed by atoms with van der Waals surface area (Å²) in [5, 5.41) is -0.701. The highest BCUT2D eigenvalue weighted by Crippen LogP contribution is 2.21. The minimum Gasteiger partial charge on any atom is -0.312 e. The molecule has 1 aromatic heterocycles. The lowest BCUT2D eigenvalue weighted by Gasteiger charge is -2.23. The Labute approximate surface area is 100 Å². The third-order valence-electron chi connectivity index (χ3n) is 2.47. The van der Waals surface area contributed by atoms with Crippen molar-refractivity contribution in [3.05, 3.63) is 33.7 Å². The number of nitrogens with zero attached hydrogens (tertiary/aromatic N) is 1. The number of halogens is 1. The van der Waals surface area contributed by atoms with Gasteiger partial charge in [-0.15, -0.1) is 0 Å². The lowest BCUT2D eigenvalue weighted by Crippen LogP contribution is -2.31. The van der Waals surface area contributed by atoms with Crippen LogP contribution in [-0.2, 0) is 12.0 Å². The van der Waals surface area contributed by atoms with Gasteiger partial charge in [0.1, 0.15) is 0 Å². The first-order valence-electron chi connectivity index (χ1n) is 5.23. The molecule has 88 valence electrons. The van der Waals surface area contributed by atoms with Crippen molar-refractivity contribution in [2.75, 3.05) is 0 Å². The van der Waals surface area contributed by atoms with Gasteiger partial charge in [-0.1, -0.05) is 20.8 Å². The Hall–Kier alpha value is -1.09. The van der Waals surface area contributed by atoms with Gasteiger partial charge in [0.2, 0.25) is 0 Å². The third kappa shape index (κ3) is 2.35. The largest absolute Gasteiger partial charge is 0.312 e. The number of aromatic nitrogens is 1. The van der Waals surface area contributed by atoms with Crippen LogP contribution in [-0.4, -0.2) is 9.81 Å². The highest BCUT2D eigenvalue weighted by Gasteiger charge is 2.20. The standard InChI is InChI=1S/C12H16ClNO2/c1-5-14-9(12(2,3)4)7-6-8(10(13)15)11(14)16/h6-7H,5H2,1-4H3. The molecule has 1 aromatic rings. The van der Waals surface area contributed by atoms with Gasteiger partial charge < -0.3 is 4.57 Å². The fraction of sp³-hybridized carbons (Fsp3) is 0.500. The van der Waals surface area contributed by atoms with Crippen LogP contribution in [0, 0.1) is 0 Å². The maximum atomic E-state index is 12.0. The Morgan fingerprint density at radius 1 is 1.38 bits per heavy atom. The summed E-state index contributed by atoms with van der Waals surface area (Å²) < 4.78 is 1.59. The van der Waals surface area contributed by atoms with Crippen LogP contribution in [0.25, 0.3) is 0 Å². The molecule has 0 unspecified atom stereocenters. The molecule has 0 aromatic carbocycles. The number of pyridine rings is 1. The molecule has 4 heteroatoms. The number of carbonyl (C=O) groups is 1. The zero-order valence-corrected chi connectivity index (χ0v) is 10.8. The summed E-state index contributed by atoms with van der Waals surface area (Å²) in [7, 11) is 0. The summed E-state index contributed by atoms with van der Waals surface area (Å²) in [6.45, 7) is 8.48. The summed E-state index contributed by atoms with van der Waals surface area (Å²) in [5.74, 6) is 0. The SMILES string of the molecule is CCn1c(C(C)(C)C)ccc(C(=O)Cl)c1=O. The molecule has 0 fully saturated rings. The van der Waals surface area contributed by atoms with Crippen molar-refractivity contribution in [3.63, 3.8) is 0 Å². The van der Waals surface area contributed by atoms with Gasteiger partial charge in [-0.3, -0.25) is 9.59 Å². The van der Waals surface area contributed by atoms with E-state index >= 15 is 0 Å². The van der Waals surface area contributed by atoms with E-state index < -0.39 is 5.24 Å². The molecule has 0 bridgehead atoms. The van der Waals surface area contributed by atoms with Crippen LogP contribution in [0.5, 0.6) is 0 Å². The zero-order chi connectivity index (χ0) is 12.5. The molecule has 0 aliphatic carbocycles. The van der Waals surface area contributed by atoms with Gasteiger partial charge in [-0.2, -0.15) is 0 Å². The average molecular weight is 242 g/mol. The monoisotopic (exact) mass is 241 g/mol. The molecule has 0 amide bonds. The van der Waals surface area contributed by atoms with Gasteiger partial charge in [0.15, 0.2) is 0 Å². The number of carbonyl (C=O) groups excluding carboxylic acids is 1. The third-order valence-corrected chi connectivity index (χ3v) is 2.67. The van der Waals surface area contributed by atoms with Gasteiger partial charge in [0.25, 0.3) is 10.8 Å². The van der Waals surface area contributed by atoms with Crippen LogP contribution >= 0.6 is 11.6 Å². The van der Waals surface area contributed by atoms with Crippen LogP contribution < -0.4 is 5.56 Å². The van der Waals surface area contributed by atoms with Crippen LogP contribution in [0.4, 0.5) is 0 Å². The molecule has 16 heavy (non-hydrogen) atoms. The Morgan fingerprint density at radius 2 is 1.94 bits per heavy atom. The average Bonchev–Trinajstić information content (AvgIpc) is 2.15. The molecule has 0 saturated heterocycles. The van der Waals surface area contributed by atoms with E-state index in [4.69, 9.17) is 11.6 Å². The van der Waals surface area contributed by atoms with Crippen LogP contribution in [0.15, 0.2) is 16.9 Å². The summed E-state index contributed by atoms with van der Waals surface area (Å²) in [5.41, 5.74) is 0.497. The molecular formula is C12H16ClNO2. The molecule has 0 aliphatic rings. The van der Waals surface area contributed by atoms with Gasteiger partial charge >= 0.3 is 0 Å². The van der Waals surface area contributed by atoms with E-state index in [0.29, 0.717) is 6.54 Å². The first-order valence-corrected chi connectivity index (χ1v) is 5.61. The van der Waals surface area contributed by atoms with Crippen molar-refractivity contribution in [2.45, 2.75) is 39.7 Å². The van der Waals surface area contributed by atoms with Gasteiger partial charge in [0.05, 0.1) is 5.56 Å². The van der Waals surface area contributed by atoms with E-state index in [1.54, 1.807) is 10.6 Å². The van der Waals surface area contributed by atoms with E-state index in [1.165, 1.54) is 6.07 Å². The van der Waals surface area contributed by atoms with E-state index in [2.05, 4.69) is 0 Å². The van der Waals surface area contributed by atoms with Gasteiger partial charge in [-0.25, -0.2) is 0 Å². The van der Waals surface area contributed by atoms with Crippen molar-refractivity contribution in [1.82, 2.24) is 4.57 Å². The lowest BCUT2D eigenvalue weighted by molar-refractivity contribution is 0.107. The number of rotatable bonds is 2. The predicted molar refractivity (Wildman–Crippen MR) is 65.3 cm³/mol. The van der Waals surface area contributed by atoms with Crippen molar-refractivity contribution >= 4 is 16.8 Å². The Balaban J connectivity index is 3.54. The van der Waals surface area contributed by atoms with E-state index in [9.17, 15) is 9.59 Å². The lowest BCUT2D eigenvalue weighted by atomic mass is 9.91. The van der Waals surface area contributed by atoms with Crippen LogP contribution in [0.1, 0.15) is 43.7 Å². The molecule has 1 rings (SSSR count). The molecule has 0 spiro atoms. The van der Waals surface area contributed by atoms with Crippen molar-refractivity contribution < 1.29 is 4.79 Å². The topological polar surface area (TPSA) is 39.1 Å². The van der Waals surface area contributed by atoms with Gasteiger partial charge in [0, 0.05) is 17.7 Å². The predicted octanol–water partition coefficient (Wildman–Crippen LogP) is 2.54. The molecule has 0 saturated carbocycles. The fourth-order valence-electron chi connectivity index (χ4n) is 1.70. The second-order valence-corrected chi connectivity index (χ2v) is 5.05. The Morgan fingerprint density at radius 3 is 2.31 bits per heavy atom. The van der Waals surface area contributed by atoms with Gasteiger partial charge in [-0.05, 0) is 30.7 Å². The quantitative estimate of drug-likeness (QED) is 0.747. The second kappa shape index (κ2) is 4.42. The maximum Gasteiger partial charge on any atom is 0.262 e. The summed E-state index contributed by atoms with van der Waals surface area (Å²) in [4.78, 5) is 23.0. The molecule has 1 heterocycles. The van der Waals surface area contributed by atoms with E-state index in [1.807, 2.05) is 27.7 Å². The maximum absolute atomic E-state index is 12.0. The Bertz CT molecular complexity index is 469.